The normalized spacial score (nSPS) is 32.2. The quantitative estimate of drug-likeness (QED) is 0.720. The van der Waals surface area contributed by atoms with Gasteiger partial charge >= 0.3 is 0 Å². The molecule has 0 aromatic rings. The summed E-state index contributed by atoms with van der Waals surface area (Å²) in [6.07, 6.45) is 4.43. The first-order valence-corrected chi connectivity index (χ1v) is 6.38. The Hall–Kier alpha value is 0.310. The Bertz CT molecular complexity index is 139. The van der Waals surface area contributed by atoms with Crippen molar-refractivity contribution >= 4 is 11.8 Å². The summed E-state index contributed by atoms with van der Waals surface area (Å²) in [6, 6.07) is 0.866. The SMILES string of the molecule is CCNC(C1CC1)C1CCSC1. The first kappa shape index (κ1) is 8.89. The Morgan fingerprint density at radius 3 is 2.67 bits per heavy atom. The smallest absolute Gasteiger partial charge is 0.0132 e. The van der Waals surface area contributed by atoms with Gasteiger partial charge in [0.25, 0.3) is 0 Å². The minimum absolute atomic E-state index is 0.866. The molecule has 2 fully saturated rings. The molecule has 1 heterocycles. The Kier molecular flexibility index (Phi) is 2.97. The summed E-state index contributed by atoms with van der Waals surface area (Å²) in [5.74, 6) is 4.84. The van der Waals surface area contributed by atoms with E-state index in [0.29, 0.717) is 0 Å². The van der Waals surface area contributed by atoms with Gasteiger partial charge in [0.05, 0.1) is 0 Å². The summed E-state index contributed by atoms with van der Waals surface area (Å²) in [5, 5.41) is 3.67. The monoisotopic (exact) mass is 185 g/mol. The second-order valence-corrected chi connectivity index (χ2v) is 5.19. The van der Waals surface area contributed by atoms with Crippen LogP contribution in [0.3, 0.4) is 0 Å². The van der Waals surface area contributed by atoms with Crippen molar-refractivity contribution in [3.05, 3.63) is 0 Å². The van der Waals surface area contributed by atoms with Crippen LogP contribution < -0.4 is 5.32 Å². The van der Waals surface area contributed by atoms with Gasteiger partial charge in [0.15, 0.2) is 0 Å². The van der Waals surface area contributed by atoms with E-state index in [-0.39, 0.29) is 0 Å². The maximum atomic E-state index is 3.67. The van der Waals surface area contributed by atoms with E-state index in [1.54, 1.807) is 0 Å². The first-order chi connectivity index (χ1) is 5.92. The van der Waals surface area contributed by atoms with Gasteiger partial charge in [0.1, 0.15) is 0 Å². The summed E-state index contributed by atoms with van der Waals surface area (Å²) >= 11 is 2.14. The molecule has 2 atom stereocenters. The highest BCUT2D eigenvalue weighted by atomic mass is 32.2. The van der Waals surface area contributed by atoms with Crippen LogP contribution in [0, 0.1) is 11.8 Å². The van der Waals surface area contributed by atoms with E-state index in [0.717, 1.165) is 24.4 Å². The van der Waals surface area contributed by atoms with Crippen LogP contribution >= 0.6 is 11.8 Å². The Balaban J connectivity index is 1.85. The Labute approximate surface area is 79.7 Å². The summed E-state index contributed by atoms with van der Waals surface area (Å²) in [7, 11) is 0. The Morgan fingerprint density at radius 2 is 2.17 bits per heavy atom. The summed E-state index contributed by atoms with van der Waals surface area (Å²) in [4.78, 5) is 0. The predicted molar refractivity (Wildman–Crippen MR) is 55.6 cm³/mol. The molecular weight excluding hydrogens is 166 g/mol. The van der Waals surface area contributed by atoms with Crippen molar-refractivity contribution in [2.24, 2.45) is 11.8 Å². The number of thioether (sulfide) groups is 1. The third kappa shape index (κ3) is 1.97. The topological polar surface area (TPSA) is 12.0 Å². The molecule has 1 saturated carbocycles. The van der Waals surface area contributed by atoms with Crippen LogP contribution in [-0.2, 0) is 0 Å². The molecule has 0 radical (unpaired) electrons. The zero-order chi connectivity index (χ0) is 8.39. The van der Waals surface area contributed by atoms with Crippen molar-refractivity contribution in [3.63, 3.8) is 0 Å². The summed E-state index contributed by atoms with van der Waals surface area (Å²) in [6.45, 7) is 3.39. The molecule has 1 N–H and O–H groups in total. The van der Waals surface area contributed by atoms with E-state index in [1.807, 2.05) is 0 Å². The number of hydrogen-bond donors (Lipinski definition) is 1. The molecule has 1 aliphatic carbocycles. The number of nitrogens with one attached hydrogen (secondary N) is 1. The van der Waals surface area contributed by atoms with E-state index in [4.69, 9.17) is 0 Å². The molecule has 0 spiro atoms. The van der Waals surface area contributed by atoms with Gasteiger partial charge in [-0.2, -0.15) is 11.8 Å². The predicted octanol–water partition coefficient (Wildman–Crippen LogP) is 2.13. The lowest BCUT2D eigenvalue weighted by Gasteiger charge is -2.23. The van der Waals surface area contributed by atoms with Crippen LogP contribution in [0.25, 0.3) is 0 Å². The molecule has 70 valence electrons. The van der Waals surface area contributed by atoms with Gasteiger partial charge in [0, 0.05) is 6.04 Å². The fourth-order valence-corrected chi connectivity index (χ4v) is 3.56. The van der Waals surface area contributed by atoms with Crippen LogP contribution in [0.1, 0.15) is 26.2 Å². The van der Waals surface area contributed by atoms with Crippen LogP contribution in [0.4, 0.5) is 0 Å². The highest BCUT2D eigenvalue weighted by Gasteiger charge is 2.36. The zero-order valence-electron chi connectivity index (χ0n) is 7.88. The zero-order valence-corrected chi connectivity index (χ0v) is 8.70. The molecule has 1 aliphatic heterocycles. The molecule has 0 bridgehead atoms. The van der Waals surface area contributed by atoms with Gasteiger partial charge in [0.2, 0.25) is 0 Å². The van der Waals surface area contributed by atoms with Crippen LogP contribution in [-0.4, -0.2) is 24.1 Å². The van der Waals surface area contributed by atoms with E-state index < -0.39 is 0 Å². The lowest BCUT2D eigenvalue weighted by molar-refractivity contribution is 0.353. The molecule has 1 nitrogen and oxygen atoms in total. The van der Waals surface area contributed by atoms with Gasteiger partial charge in [-0.3, -0.25) is 0 Å². The van der Waals surface area contributed by atoms with Crippen LogP contribution in [0.15, 0.2) is 0 Å². The lowest BCUT2D eigenvalue weighted by Crippen LogP contribution is -2.38. The molecule has 1 saturated heterocycles. The number of rotatable bonds is 4. The summed E-state index contributed by atoms with van der Waals surface area (Å²) < 4.78 is 0. The van der Waals surface area contributed by atoms with Crippen LogP contribution in [0.5, 0.6) is 0 Å². The molecule has 2 aliphatic rings. The summed E-state index contributed by atoms with van der Waals surface area (Å²) in [5.41, 5.74) is 0. The van der Waals surface area contributed by atoms with Gasteiger partial charge < -0.3 is 5.32 Å². The fraction of sp³-hybridized carbons (Fsp3) is 1.00. The van der Waals surface area contributed by atoms with Crippen molar-refractivity contribution in [3.8, 4) is 0 Å². The molecule has 2 unspecified atom stereocenters. The average molecular weight is 185 g/mol. The lowest BCUT2D eigenvalue weighted by atomic mass is 9.95. The van der Waals surface area contributed by atoms with E-state index in [2.05, 4.69) is 24.0 Å². The van der Waals surface area contributed by atoms with Crippen molar-refractivity contribution in [2.45, 2.75) is 32.2 Å². The highest BCUT2D eigenvalue weighted by Crippen LogP contribution is 2.39. The van der Waals surface area contributed by atoms with Gasteiger partial charge in [-0.15, -0.1) is 0 Å². The fourth-order valence-electron chi connectivity index (χ4n) is 2.25. The first-order valence-electron chi connectivity index (χ1n) is 5.23. The highest BCUT2D eigenvalue weighted by molar-refractivity contribution is 7.99. The molecular formula is C10H19NS. The minimum atomic E-state index is 0.866. The van der Waals surface area contributed by atoms with Crippen LogP contribution in [0.2, 0.25) is 0 Å². The minimum Gasteiger partial charge on any atom is -0.314 e. The number of hydrogen-bond acceptors (Lipinski definition) is 2. The molecule has 2 heteroatoms. The van der Waals surface area contributed by atoms with E-state index in [1.165, 1.54) is 30.8 Å². The molecule has 2 rings (SSSR count). The van der Waals surface area contributed by atoms with Crippen molar-refractivity contribution in [2.75, 3.05) is 18.1 Å². The molecule has 0 aromatic heterocycles. The average Bonchev–Trinajstić information content (AvgIpc) is 2.77. The van der Waals surface area contributed by atoms with E-state index >= 15 is 0 Å². The molecule has 12 heavy (non-hydrogen) atoms. The molecule has 0 aromatic carbocycles. The van der Waals surface area contributed by atoms with Crippen molar-refractivity contribution in [1.82, 2.24) is 5.32 Å². The second kappa shape index (κ2) is 4.01. The van der Waals surface area contributed by atoms with Gasteiger partial charge in [-0.05, 0) is 49.1 Å². The standard InChI is InChI=1S/C10H19NS/c1-2-11-10(8-3-4-8)9-5-6-12-7-9/h8-11H,2-7H2,1H3. The maximum Gasteiger partial charge on any atom is 0.0132 e. The second-order valence-electron chi connectivity index (χ2n) is 4.04. The molecule has 0 amide bonds. The van der Waals surface area contributed by atoms with Gasteiger partial charge in [-0.25, -0.2) is 0 Å². The van der Waals surface area contributed by atoms with E-state index in [9.17, 15) is 0 Å². The van der Waals surface area contributed by atoms with Crippen molar-refractivity contribution in [1.29, 1.82) is 0 Å². The Morgan fingerprint density at radius 1 is 1.33 bits per heavy atom. The largest absolute Gasteiger partial charge is 0.314 e. The third-order valence-electron chi connectivity index (χ3n) is 3.04. The third-order valence-corrected chi connectivity index (χ3v) is 4.23. The maximum absolute atomic E-state index is 3.67. The van der Waals surface area contributed by atoms with Gasteiger partial charge in [-0.1, -0.05) is 6.92 Å². The van der Waals surface area contributed by atoms with Crippen molar-refractivity contribution < 1.29 is 0 Å².